The van der Waals surface area contributed by atoms with Crippen molar-refractivity contribution in [2.45, 2.75) is 56.5 Å². The fraction of sp³-hybridized carbons (Fsp3) is 1.00. The SMILES string of the molecule is C[CH2][Al+][CH2]C.[O-]CC1CCCCC1. The van der Waals surface area contributed by atoms with E-state index in [2.05, 4.69) is 13.8 Å². The van der Waals surface area contributed by atoms with Gasteiger partial charge in [0, 0.05) is 0 Å². The maximum Gasteiger partial charge on any atom is -0.0517 e. The first-order chi connectivity index (χ1) is 6.35. The molecule has 1 aliphatic rings. The Labute approximate surface area is 89.6 Å². The molecule has 1 fully saturated rings. The van der Waals surface area contributed by atoms with Gasteiger partial charge in [0.15, 0.2) is 0 Å². The van der Waals surface area contributed by atoms with Crippen molar-refractivity contribution in [3.05, 3.63) is 0 Å². The molecule has 0 radical (unpaired) electrons. The van der Waals surface area contributed by atoms with Crippen molar-refractivity contribution >= 4 is 15.2 Å². The van der Waals surface area contributed by atoms with Gasteiger partial charge in [0.25, 0.3) is 0 Å². The van der Waals surface area contributed by atoms with Crippen LogP contribution in [0, 0.1) is 5.92 Å². The number of rotatable bonds is 3. The van der Waals surface area contributed by atoms with E-state index in [9.17, 15) is 5.11 Å². The Bertz CT molecular complexity index is 88.1. The van der Waals surface area contributed by atoms with E-state index >= 15 is 0 Å². The molecular formula is C11H23AlO. The monoisotopic (exact) mass is 198 g/mol. The molecule has 0 atom stereocenters. The largest absolute Gasteiger partial charge is 0.854 e. The summed E-state index contributed by atoms with van der Waals surface area (Å²) >= 11 is 0.815. The third kappa shape index (κ3) is 8.81. The van der Waals surface area contributed by atoms with E-state index < -0.39 is 0 Å². The van der Waals surface area contributed by atoms with Gasteiger partial charge in [-0.3, -0.25) is 0 Å². The van der Waals surface area contributed by atoms with E-state index in [0.29, 0.717) is 5.92 Å². The van der Waals surface area contributed by atoms with Gasteiger partial charge < -0.3 is 5.11 Å². The summed E-state index contributed by atoms with van der Waals surface area (Å²) in [6.45, 7) is 4.66. The van der Waals surface area contributed by atoms with Crippen LogP contribution >= 0.6 is 0 Å². The average molecular weight is 198 g/mol. The second-order valence-corrected chi connectivity index (χ2v) is 5.99. The van der Waals surface area contributed by atoms with Crippen molar-refractivity contribution in [3.8, 4) is 0 Å². The summed E-state index contributed by atoms with van der Waals surface area (Å²) in [7, 11) is 0. The van der Waals surface area contributed by atoms with E-state index in [0.717, 1.165) is 15.2 Å². The maximum atomic E-state index is 10.3. The van der Waals surface area contributed by atoms with E-state index in [-0.39, 0.29) is 6.61 Å². The van der Waals surface area contributed by atoms with Gasteiger partial charge in [-0.1, -0.05) is 38.0 Å². The molecule has 0 amide bonds. The van der Waals surface area contributed by atoms with Crippen molar-refractivity contribution in [2.75, 3.05) is 6.61 Å². The maximum absolute atomic E-state index is 10.3. The molecule has 13 heavy (non-hydrogen) atoms. The van der Waals surface area contributed by atoms with Crippen LogP contribution in [0.5, 0.6) is 0 Å². The molecule has 1 rings (SSSR count). The predicted molar refractivity (Wildman–Crippen MR) is 58.2 cm³/mol. The molecule has 0 heterocycles. The van der Waals surface area contributed by atoms with Gasteiger partial charge in [-0.15, -0.1) is 6.61 Å². The summed E-state index contributed by atoms with van der Waals surface area (Å²) in [5.41, 5.74) is 0. The summed E-state index contributed by atoms with van der Waals surface area (Å²) in [6.07, 6.45) is 6.35. The molecule has 1 saturated carbocycles. The molecule has 0 aromatic rings. The summed E-state index contributed by atoms with van der Waals surface area (Å²) < 4.78 is 0. The van der Waals surface area contributed by atoms with E-state index in [1.54, 1.807) is 0 Å². The molecule has 0 spiro atoms. The van der Waals surface area contributed by atoms with Gasteiger partial charge in [0.05, 0.1) is 0 Å². The Kier molecular flexibility index (Phi) is 11.0. The Hall–Kier alpha value is 0.492. The Morgan fingerprint density at radius 3 is 1.85 bits per heavy atom. The molecule has 76 valence electrons. The van der Waals surface area contributed by atoms with Crippen LogP contribution in [0.4, 0.5) is 0 Å². The van der Waals surface area contributed by atoms with Crippen LogP contribution in [0.25, 0.3) is 0 Å². The molecular weight excluding hydrogens is 175 g/mol. The van der Waals surface area contributed by atoms with Crippen LogP contribution < -0.4 is 5.11 Å². The smallest absolute Gasteiger partial charge is 0.0517 e. The van der Waals surface area contributed by atoms with Crippen LogP contribution in [0.1, 0.15) is 46.0 Å². The Morgan fingerprint density at radius 2 is 1.62 bits per heavy atom. The van der Waals surface area contributed by atoms with Crippen LogP contribution in [0.2, 0.25) is 10.6 Å². The quantitative estimate of drug-likeness (QED) is 0.639. The first-order valence-electron chi connectivity index (χ1n) is 5.74. The summed E-state index contributed by atoms with van der Waals surface area (Å²) in [5.74, 6) is 0.531. The Morgan fingerprint density at radius 1 is 1.08 bits per heavy atom. The van der Waals surface area contributed by atoms with Gasteiger partial charge in [0.2, 0.25) is 0 Å². The average Bonchev–Trinajstić information content (AvgIpc) is 2.21. The number of hydrogen-bond acceptors (Lipinski definition) is 1. The minimum atomic E-state index is 0.167. The van der Waals surface area contributed by atoms with Gasteiger partial charge in [0.1, 0.15) is 0 Å². The van der Waals surface area contributed by atoms with Gasteiger partial charge in [-0.2, -0.15) is 0 Å². The van der Waals surface area contributed by atoms with Crippen LogP contribution in [0.15, 0.2) is 0 Å². The molecule has 0 aliphatic heterocycles. The van der Waals surface area contributed by atoms with Crippen LogP contribution in [-0.4, -0.2) is 21.8 Å². The standard InChI is InChI=1S/C7H13O.2C2H5.Al/c8-6-7-4-2-1-3-5-7;2*1-2;/h7H,1-6H2;2*1H2,2H3;/q-1;;;+1. The van der Waals surface area contributed by atoms with Crippen molar-refractivity contribution in [1.29, 1.82) is 0 Å². The fourth-order valence-corrected chi connectivity index (χ4v) is 2.22. The Balaban J connectivity index is 0.000000252. The topological polar surface area (TPSA) is 23.1 Å². The minimum absolute atomic E-state index is 0.167. The molecule has 0 aromatic heterocycles. The first-order valence-corrected chi connectivity index (χ1v) is 7.38. The van der Waals surface area contributed by atoms with Crippen molar-refractivity contribution < 1.29 is 5.11 Å². The van der Waals surface area contributed by atoms with E-state index in [4.69, 9.17) is 0 Å². The van der Waals surface area contributed by atoms with Crippen LogP contribution in [0.3, 0.4) is 0 Å². The molecule has 0 saturated heterocycles. The number of hydrogen-bond donors (Lipinski definition) is 0. The third-order valence-electron chi connectivity index (χ3n) is 2.54. The van der Waals surface area contributed by atoms with Crippen molar-refractivity contribution in [1.82, 2.24) is 0 Å². The summed E-state index contributed by atoms with van der Waals surface area (Å²) in [5, 5.41) is 13.1. The molecule has 0 unspecified atom stereocenters. The van der Waals surface area contributed by atoms with E-state index in [1.165, 1.54) is 42.7 Å². The zero-order valence-electron chi connectivity index (χ0n) is 9.22. The molecule has 0 aromatic carbocycles. The normalized spacial score (nSPS) is 17.2. The van der Waals surface area contributed by atoms with Crippen molar-refractivity contribution in [3.63, 3.8) is 0 Å². The zero-order chi connectivity index (χ0) is 9.94. The van der Waals surface area contributed by atoms with Crippen LogP contribution in [-0.2, 0) is 0 Å². The second-order valence-electron chi connectivity index (χ2n) is 3.78. The van der Waals surface area contributed by atoms with Crippen molar-refractivity contribution in [2.24, 2.45) is 5.92 Å². The molecule has 1 aliphatic carbocycles. The molecule has 0 N–H and O–H groups in total. The van der Waals surface area contributed by atoms with E-state index in [1.807, 2.05) is 0 Å². The molecule has 0 bridgehead atoms. The molecule has 1 nitrogen and oxygen atoms in total. The summed E-state index contributed by atoms with van der Waals surface area (Å²) in [4.78, 5) is 0. The zero-order valence-corrected chi connectivity index (χ0v) is 10.4. The van der Waals surface area contributed by atoms with Gasteiger partial charge in [-0.05, 0) is 0 Å². The summed E-state index contributed by atoms with van der Waals surface area (Å²) in [6, 6.07) is 0. The third-order valence-corrected chi connectivity index (χ3v) is 3.69. The second kappa shape index (κ2) is 10.6. The molecule has 2 heteroatoms. The minimum Gasteiger partial charge on any atom is -0.854 e. The first kappa shape index (κ1) is 13.5. The fourth-order valence-electron chi connectivity index (χ4n) is 1.64. The van der Waals surface area contributed by atoms with Gasteiger partial charge in [-0.25, -0.2) is 0 Å². The predicted octanol–water partition coefficient (Wildman–Crippen LogP) is 2.49. The van der Waals surface area contributed by atoms with Gasteiger partial charge >= 0.3 is 39.6 Å².